The lowest BCUT2D eigenvalue weighted by molar-refractivity contribution is 0.126. The molecule has 1 N–H and O–H groups in total. The summed E-state index contributed by atoms with van der Waals surface area (Å²) >= 11 is 7.76. The van der Waals surface area contributed by atoms with Gasteiger partial charge >= 0.3 is 0 Å². The van der Waals surface area contributed by atoms with Gasteiger partial charge in [-0.2, -0.15) is 4.98 Å². The van der Waals surface area contributed by atoms with Crippen LogP contribution in [0.3, 0.4) is 0 Å². The van der Waals surface area contributed by atoms with Crippen molar-refractivity contribution in [1.29, 1.82) is 0 Å². The van der Waals surface area contributed by atoms with Gasteiger partial charge in [-0.25, -0.2) is 4.98 Å². The van der Waals surface area contributed by atoms with Gasteiger partial charge in [0.2, 0.25) is 5.28 Å². The second kappa shape index (κ2) is 4.55. The zero-order chi connectivity index (χ0) is 13.9. The first-order valence-corrected chi connectivity index (χ1v) is 8.21. The Morgan fingerprint density at radius 2 is 2.00 bits per heavy atom. The molecule has 2 aliphatic rings. The lowest BCUT2D eigenvalue weighted by Crippen LogP contribution is -2.45. The molecule has 0 aromatic carbocycles. The fourth-order valence-corrected chi connectivity index (χ4v) is 4.78. The van der Waals surface area contributed by atoms with Crippen LogP contribution in [0.15, 0.2) is 6.07 Å². The lowest BCUT2D eigenvalue weighted by atomic mass is 9.99. The van der Waals surface area contributed by atoms with Crippen LogP contribution < -0.4 is 4.90 Å². The first-order chi connectivity index (χ1) is 9.61. The topological polar surface area (TPSA) is 49.2 Å². The molecule has 20 heavy (non-hydrogen) atoms. The quantitative estimate of drug-likeness (QED) is 0.822. The van der Waals surface area contributed by atoms with E-state index in [-0.39, 0.29) is 6.10 Å². The Labute approximate surface area is 126 Å². The van der Waals surface area contributed by atoms with Crippen molar-refractivity contribution >= 4 is 39.0 Å². The number of aryl methyl sites for hydroxylation is 1. The van der Waals surface area contributed by atoms with Gasteiger partial charge in [-0.15, -0.1) is 11.3 Å². The Morgan fingerprint density at radius 3 is 2.70 bits per heavy atom. The Bertz CT molecular complexity index is 660. The van der Waals surface area contributed by atoms with Gasteiger partial charge in [0.05, 0.1) is 11.5 Å². The van der Waals surface area contributed by atoms with E-state index in [1.807, 2.05) is 0 Å². The van der Waals surface area contributed by atoms with Crippen molar-refractivity contribution in [1.82, 2.24) is 9.97 Å². The fourth-order valence-electron chi connectivity index (χ4n) is 3.69. The summed E-state index contributed by atoms with van der Waals surface area (Å²) in [5.41, 5.74) is 0. The maximum Gasteiger partial charge on any atom is 0.225 e. The van der Waals surface area contributed by atoms with Crippen LogP contribution in [0.25, 0.3) is 10.2 Å². The summed E-state index contributed by atoms with van der Waals surface area (Å²) in [6, 6.07) is 2.92. The van der Waals surface area contributed by atoms with Gasteiger partial charge in [0.25, 0.3) is 0 Å². The molecule has 0 spiro atoms. The summed E-state index contributed by atoms with van der Waals surface area (Å²) < 4.78 is 0. The van der Waals surface area contributed by atoms with E-state index in [9.17, 15) is 5.11 Å². The molecule has 6 heteroatoms. The normalized spacial score (nSPS) is 29.4. The number of aliphatic hydroxyl groups is 1. The van der Waals surface area contributed by atoms with Crippen molar-refractivity contribution in [3.8, 4) is 0 Å². The first-order valence-electron chi connectivity index (χ1n) is 7.02. The highest BCUT2D eigenvalue weighted by Crippen LogP contribution is 2.42. The van der Waals surface area contributed by atoms with Crippen LogP contribution in [0.2, 0.25) is 5.28 Å². The van der Waals surface area contributed by atoms with Crippen LogP contribution in [0, 0.1) is 6.92 Å². The van der Waals surface area contributed by atoms with Crippen molar-refractivity contribution < 1.29 is 5.11 Å². The molecular weight excluding hydrogens is 294 g/mol. The number of fused-ring (bicyclic) bond motifs is 3. The lowest BCUT2D eigenvalue weighted by Gasteiger charge is -2.38. The molecule has 4 heterocycles. The molecular formula is C14H16ClN3OS. The largest absolute Gasteiger partial charge is 0.393 e. The van der Waals surface area contributed by atoms with Crippen LogP contribution in [0.5, 0.6) is 0 Å². The van der Waals surface area contributed by atoms with Crippen molar-refractivity contribution in [3.63, 3.8) is 0 Å². The fraction of sp³-hybridized carbons (Fsp3) is 0.571. The Morgan fingerprint density at radius 1 is 1.30 bits per heavy atom. The maximum atomic E-state index is 9.94. The molecule has 2 aromatic heterocycles. The predicted octanol–water partition coefficient (Wildman–Crippen LogP) is 3.15. The number of hydrogen-bond acceptors (Lipinski definition) is 5. The van der Waals surface area contributed by atoms with Crippen LogP contribution in [-0.2, 0) is 0 Å². The molecule has 0 radical (unpaired) electrons. The van der Waals surface area contributed by atoms with Crippen LogP contribution >= 0.6 is 22.9 Å². The summed E-state index contributed by atoms with van der Waals surface area (Å²) in [6.45, 7) is 2.08. The molecule has 0 saturated carbocycles. The second-order valence-corrected chi connectivity index (χ2v) is 7.38. The van der Waals surface area contributed by atoms with Gasteiger partial charge in [0.15, 0.2) is 0 Å². The van der Waals surface area contributed by atoms with E-state index >= 15 is 0 Å². The molecule has 0 amide bonds. The van der Waals surface area contributed by atoms with Gasteiger partial charge in [-0.1, -0.05) is 0 Å². The van der Waals surface area contributed by atoms with Gasteiger partial charge < -0.3 is 10.0 Å². The molecule has 2 aromatic rings. The third-order valence-corrected chi connectivity index (χ3v) is 5.53. The van der Waals surface area contributed by atoms with Gasteiger partial charge in [0.1, 0.15) is 10.6 Å². The molecule has 2 unspecified atom stereocenters. The second-order valence-electron chi connectivity index (χ2n) is 5.81. The summed E-state index contributed by atoms with van der Waals surface area (Å²) in [4.78, 5) is 13.4. The third-order valence-electron chi connectivity index (χ3n) is 4.42. The molecule has 2 aliphatic heterocycles. The van der Waals surface area contributed by atoms with Crippen LogP contribution in [0.4, 0.5) is 5.82 Å². The van der Waals surface area contributed by atoms with Crippen molar-refractivity contribution in [3.05, 3.63) is 16.2 Å². The zero-order valence-electron chi connectivity index (χ0n) is 11.2. The minimum absolute atomic E-state index is 0.166. The van der Waals surface area contributed by atoms with E-state index in [2.05, 4.69) is 27.9 Å². The Balaban J connectivity index is 1.86. The molecule has 2 bridgehead atoms. The monoisotopic (exact) mass is 309 g/mol. The third kappa shape index (κ3) is 1.91. The minimum Gasteiger partial charge on any atom is -0.393 e. The van der Waals surface area contributed by atoms with Crippen LogP contribution in [0.1, 0.15) is 30.6 Å². The average Bonchev–Trinajstić information content (AvgIpc) is 2.86. The molecule has 2 fully saturated rings. The number of piperidine rings is 1. The number of aromatic nitrogens is 2. The summed E-state index contributed by atoms with van der Waals surface area (Å²) in [6.07, 6.45) is 3.77. The predicted molar refractivity (Wildman–Crippen MR) is 81.7 cm³/mol. The van der Waals surface area contributed by atoms with Crippen molar-refractivity contribution in [2.75, 3.05) is 4.90 Å². The number of thiophene rings is 1. The highest BCUT2D eigenvalue weighted by atomic mass is 35.5. The molecule has 0 aliphatic carbocycles. The highest BCUT2D eigenvalue weighted by molar-refractivity contribution is 7.18. The summed E-state index contributed by atoms with van der Waals surface area (Å²) in [7, 11) is 0. The minimum atomic E-state index is -0.166. The van der Waals surface area contributed by atoms with E-state index < -0.39 is 0 Å². The smallest absolute Gasteiger partial charge is 0.225 e. The van der Waals surface area contributed by atoms with Crippen LogP contribution in [-0.4, -0.2) is 33.3 Å². The van der Waals surface area contributed by atoms with Gasteiger partial charge in [0, 0.05) is 17.0 Å². The number of halogens is 1. The number of anilines is 1. The average molecular weight is 310 g/mol. The van der Waals surface area contributed by atoms with Crippen molar-refractivity contribution in [2.24, 2.45) is 0 Å². The molecule has 2 saturated heterocycles. The number of nitrogens with zero attached hydrogens (tertiary/aromatic N) is 3. The maximum absolute atomic E-state index is 9.94. The number of rotatable bonds is 1. The van der Waals surface area contributed by atoms with E-state index in [1.165, 1.54) is 4.88 Å². The SMILES string of the molecule is Cc1cc2c(N3C4CCC3CC(O)C4)nc(Cl)nc2s1. The van der Waals surface area contributed by atoms with E-state index in [0.717, 1.165) is 41.7 Å². The molecule has 4 rings (SSSR count). The number of aliphatic hydroxyl groups excluding tert-OH is 1. The number of hydrogen-bond donors (Lipinski definition) is 1. The standard InChI is InChI=1S/C14H16ClN3OS/c1-7-4-11-12(16-14(15)17-13(11)20-7)18-8-2-3-9(18)6-10(19)5-8/h4,8-10,19H,2-3,5-6H2,1H3. The Kier molecular flexibility index (Phi) is 2.91. The van der Waals surface area contributed by atoms with E-state index in [1.54, 1.807) is 11.3 Å². The first kappa shape index (κ1) is 12.8. The zero-order valence-corrected chi connectivity index (χ0v) is 12.8. The molecule has 4 nitrogen and oxygen atoms in total. The summed E-state index contributed by atoms with van der Waals surface area (Å²) in [5.74, 6) is 0.962. The van der Waals surface area contributed by atoms with Gasteiger partial charge in [-0.05, 0) is 50.3 Å². The Hall–Kier alpha value is -0.910. The van der Waals surface area contributed by atoms with E-state index in [0.29, 0.717) is 17.4 Å². The highest BCUT2D eigenvalue weighted by Gasteiger charge is 2.41. The van der Waals surface area contributed by atoms with Crippen molar-refractivity contribution in [2.45, 2.75) is 50.8 Å². The summed E-state index contributed by atoms with van der Waals surface area (Å²) in [5, 5.41) is 11.4. The molecule has 2 atom stereocenters. The van der Waals surface area contributed by atoms with Gasteiger partial charge in [-0.3, -0.25) is 0 Å². The molecule has 106 valence electrons. The van der Waals surface area contributed by atoms with E-state index in [4.69, 9.17) is 11.6 Å².